The van der Waals surface area contributed by atoms with E-state index in [1.54, 1.807) is 20.0 Å². The fourth-order valence-corrected chi connectivity index (χ4v) is 1.85. The van der Waals surface area contributed by atoms with Crippen LogP contribution in [0.15, 0.2) is 24.4 Å². The summed E-state index contributed by atoms with van der Waals surface area (Å²) in [6.45, 7) is 3.39. The van der Waals surface area contributed by atoms with E-state index in [1.165, 1.54) is 16.7 Å². The molecule has 0 fully saturated rings. The molecule has 3 nitrogen and oxygen atoms in total. The molecule has 0 aliphatic carbocycles. The highest BCUT2D eigenvalue weighted by atomic mass is 19.4. The minimum absolute atomic E-state index is 0.0369. The van der Waals surface area contributed by atoms with Gasteiger partial charge in [0.1, 0.15) is 5.82 Å². The van der Waals surface area contributed by atoms with Crippen molar-refractivity contribution in [2.24, 2.45) is 0 Å². The van der Waals surface area contributed by atoms with Crippen LogP contribution in [0.2, 0.25) is 0 Å². The first-order chi connectivity index (χ1) is 8.29. The van der Waals surface area contributed by atoms with Gasteiger partial charge < -0.3 is 10.3 Å². The molecule has 6 heteroatoms. The van der Waals surface area contributed by atoms with Gasteiger partial charge in [-0.05, 0) is 32.0 Å². The van der Waals surface area contributed by atoms with Crippen molar-refractivity contribution in [3.8, 4) is 5.69 Å². The topological polar surface area (TPSA) is 43.8 Å². The van der Waals surface area contributed by atoms with Gasteiger partial charge in [0.25, 0.3) is 0 Å². The van der Waals surface area contributed by atoms with Crippen LogP contribution in [-0.4, -0.2) is 9.55 Å². The third kappa shape index (κ3) is 2.18. The van der Waals surface area contributed by atoms with E-state index < -0.39 is 11.7 Å². The average Bonchev–Trinajstić information content (AvgIpc) is 2.56. The number of halogens is 3. The number of aryl methyl sites for hydroxylation is 2. The number of aromatic nitrogens is 2. The zero-order valence-electron chi connectivity index (χ0n) is 9.92. The van der Waals surface area contributed by atoms with Crippen molar-refractivity contribution in [3.05, 3.63) is 41.5 Å². The fourth-order valence-electron chi connectivity index (χ4n) is 1.85. The molecule has 0 saturated heterocycles. The highest BCUT2D eigenvalue weighted by Crippen LogP contribution is 2.35. The summed E-state index contributed by atoms with van der Waals surface area (Å²) in [5, 5.41) is 0. The van der Waals surface area contributed by atoms with Crippen molar-refractivity contribution in [1.29, 1.82) is 0 Å². The Bertz CT molecular complexity index is 585. The smallest absolute Gasteiger partial charge is 0.399 e. The Labute approximate surface area is 102 Å². The summed E-state index contributed by atoms with van der Waals surface area (Å²) in [5.41, 5.74) is 5.44. The third-order valence-electron chi connectivity index (χ3n) is 2.59. The van der Waals surface area contributed by atoms with Crippen LogP contribution in [0.1, 0.15) is 17.1 Å². The molecule has 2 aromatic rings. The van der Waals surface area contributed by atoms with E-state index in [2.05, 4.69) is 4.98 Å². The summed E-state index contributed by atoms with van der Waals surface area (Å²) < 4.78 is 40.3. The Balaban J connectivity index is 2.68. The Morgan fingerprint density at radius 2 is 1.89 bits per heavy atom. The monoisotopic (exact) mass is 255 g/mol. The van der Waals surface area contributed by atoms with Crippen LogP contribution in [0.3, 0.4) is 0 Å². The lowest BCUT2D eigenvalue weighted by Crippen LogP contribution is -2.12. The molecule has 2 rings (SSSR count). The van der Waals surface area contributed by atoms with Crippen LogP contribution in [0.5, 0.6) is 0 Å². The van der Waals surface area contributed by atoms with Gasteiger partial charge in [-0.3, -0.25) is 0 Å². The van der Waals surface area contributed by atoms with Crippen LogP contribution in [-0.2, 0) is 6.18 Å². The van der Waals surface area contributed by atoms with Crippen molar-refractivity contribution in [2.45, 2.75) is 20.0 Å². The maximum atomic E-state index is 13.0. The van der Waals surface area contributed by atoms with Crippen molar-refractivity contribution >= 4 is 5.69 Å². The first-order valence-corrected chi connectivity index (χ1v) is 5.28. The molecule has 96 valence electrons. The SMILES string of the molecule is Cc1cn(-c2ccc(N)cc2C(F)(F)F)c(C)n1. The summed E-state index contributed by atoms with van der Waals surface area (Å²) in [6, 6.07) is 3.73. The molecule has 1 heterocycles. The van der Waals surface area contributed by atoms with Gasteiger partial charge in [0.15, 0.2) is 0 Å². The number of imidazole rings is 1. The van der Waals surface area contributed by atoms with E-state index in [0.29, 0.717) is 11.5 Å². The molecule has 2 N–H and O–H groups in total. The number of hydrogen-bond acceptors (Lipinski definition) is 2. The molecule has 0 radical (unpaired) electrons. The highest BCUT2D eigenvalue weighted by molar-refractivity contribution is 5.53. The molecule has 0 aliphatic heterocycles. The summed E-state index contributed by atoms with van der Waals surface area (Å²) >= 11 is 0. The molecule has 0 saturated carbocycles. The first-order valence-electron chi connectivity index (χ1n) is 5.28. The van der Waals surface area contributed by atoms with Crippen molar-refractivity contribution < 1.29 is 13.2 Å². The van der Waals surface area contributed by atoms with Crippen LogP contribution in [0, 0.1) is 13.8 Å². The molecule has 0 bridgehead atoms. The van der Waals surface area contributed by atoms with Gasteiger partial charge in [0.05, 0.1) is 16.9 Å². The number of rotatable bonds is 1. The number of nitrogens with zero attached hydrogens (tertiary/aromatic N) is 2. The molecular weight excluding hydrogens is 243 g/mol. The van der Waals surface area contributed by atoms with E-state index in [9.17, 15) is 13.2 Å². The van der Waals surface area contributed by atoms with E-state index >= 15 is 0 Å². The lowest BCUT2D eigenvalue weighted by atomic mass is 10.1. The number of anilines is 1. The minimum Gasteiger partial charge on any atom is -0.399 e. The second-order valence-electron chi connectivity index (χ2n) is 4.07. The van der Waals surface area contributed by atoms with Gasteiger partial charge in [-0.2, -0.15) is 13.2 Å². The number of alkyl halides is 3. The molecule has 1 aromatic heterocycles. The Morgan fingerprint density at radius 3 is 2.39 bits per heavy atom. The summed E-state index contributed by atoms with van der Waals surface area (Å²) in [4.78, 5) is 4.10. The first kappa shape index (κ1) is 12.5. The third-order valence-corrected chi connectivity index (χ3v) is 2.59. The van der Waals surface area contributed by atoms with E-state index in [0.717, 1.165) is 6.07 Å². The standard InChI is InChI=1S/C12H12F3N3/c1-7-6-18(8(2)17-7)11-4-3-9(16)5-10(11)12(13,14)15/h3-6H,16H2,1-2H3. The number of benzene rings is 1. The molecule has 1 aromatic carbocycles. The molecule has 0 unspecified atom stereocenters. The van der Waals surface area contributed by atoms with Crippen LogP contribution in [0.4, 0.5) is 18.9 Å². The molecule has 0 aliphatic rings. The second-order valence-corrected chi connectivity index (χ2v) is 4.07. The lowest BCUT2D eigenvalue weighted by molar-refractivity contribution is -0.137. The maximum Gasteiger partial charge on any atom is 0.418 e. The zero-order chi connectivity index (χ0) is 13.5. The van der Waals surface area contributed by atoms with Crippen LogP contribution >= 0.6 is 0 Å². The van der Waals surface area contributed by atoms with Gasteiger partial charge in [0.2, 0.25) is 0 Å². The predicted octanol–water partition coefficient (Wildman–Crippen LogP) is 3.09. The van der Waals surface area contributed by atoms with Crippen molar-refractivity contribution in [3.63, 3.8) is 0 Å². The predicted molar refractivity (Wildman–Crippen MR) is 62.5 cm³/mol. The van der Waals surface area contributed by atoms with Crippen LogP contribution in [0.25, 0.3) is 5.69 Å². The second kappa shape index (κ2) is 4.04. The zero-order valence-corrected chi connectivity index (χ0v) is 9.92. The molecular formula is C12H12F3N3. The van der Waals surface area contributed by atoms with Gasteiger partial charge in [0, 0.05) is 11.9 Å². The number of nitrogens with two attached hydrogens (primary N) is 1. The summed E-state index contributed by atoms with van der Waals surface area (Å²) in [7, 11) is 0. The maximum absolute atomic E-state index is 13.0. The Morgan fingerprint density at radius 1 is 1.22 bits per heavy atom. The van der Waals surface area contributed by atoms with E-state index in [4.69, 9.17) is 5.73 Å². The van der Waals surface area contributed by atoms with Gasteiger partial charge >= 0.3 is 6.18 Å². The summed E-state index contributed by atoms with van der Waals surface area (Å²) in [6.07, 6.45) is -2.88. The molecule has 18 heavy (non-hydrogen) atoms. The van der Waals surface area contributed by atoms with Crippen molar-refractivity contribution in [1.82, 2.24) is 9.55 Å². The van der Waals surface area contributed by atoms with Crippen molar-refractivity contribution in [2.75, 3.05) is 5.73 Å². The molecule has 0 spiro atoms. The molecule has 0 atom stereocenters. The fraction of sp³-hybridized carbons (Fsp3) is 0.250. The molecule has 0 amide bonds. The van der Waals surface area contributed by atoms with Crippen LogP contribution < -0.4 is 5.73 Å². The Hall–Kier alpha value is -1.98. The van der Waals surface area contributed by atoms with E-state index in [-0.39, 0.29) is 11.4 Å². The minimum atomic E-state index is -4.45. The van der Waals surface area contributed by atoms with Gasteiger partial charge in [-0.1, -0.05) is 0 Å². The lowest BCUT2D eigenvalue weighted by Gasteiger charge is -2.15. The highest BCUT2D eigenvalue weighted by Gasteiger charge is 2.34. The summed E-state index contributed by atoms with van der Waals surface area (Å²) in [5.74, 6) is 0.503. The quantitative estimate of drug-likeness (QED) is 0.796. The average molecular weight is 255 g/mol. The van der Waals surface area contributed by atoms with E-state index in [1.807, 2.05) is 0 Å². The number of hydrogen-bond donors (Lipinski definition) is 1. The largest absolute Gasteiger partial charge is 0.418 e. The normalized spacial score (nSPS) is 11.8. The van der Waals surface area contributed by atoms with Gasteiger partial charge in [-0.25, -0.2) is 4.98 Å². The van der Waals surface area contributed by atoms with Gasteiger partial charge in [-0.15, -0.1) is 0 Å². The number of nitrogen functional groups attached to an aromatic ring is 1. The Kier molecular flexibility index (Phi) is 2.80.